The molecule has 0 bridgehead atoms. The third kappa shape index (κ3) is 2.60. The van der Waals surface area contributed by atoms with Gasteiger partial charge in [-0.1, -0.05) is 32.1 Å². The van der Waals surface area contributed by atoms with Crippen LogP contribution in [-0.4, -0.2) is 17.6 Å². The first kappa shape index (κ1) is 14.3. The van der Waals surface area contributed by atoms with E-state index in [0.29, 0.717) is 11.5 Å². The number of hydrogen-bond acceptors (Lipinski definition) is 4. The summed E-state index contributed by atoms with van der Waals surface area (Å²) in [6, 6.07) is 0.792. The number of nitrogens with zero attached hydrogens (tertiary/aromatic N) is 2. The zero-order valence-electron chi connectivity index (χ0n) is 13.1. The lowest BCUT2D eigenvalue weighted by molar-refractivity contribution is 0.282. The number of piperidine rings is 1. The van der Waals surface area contributed by atoms with Crippen LogP contribution in [0, 0.1) is 11.3 Å². The Morgan fingerprint density at radius 2 is 2.05 bits per heavy atom. The summed E-state index contributed by atoms with van der Waals surface area (Å²) in [4.78, 5) is 8.82. The SMILES string of the molecule is CC1CCC(C)N(c2nc3c(s2)C(N)CC(C)(C)C3)C1. The molecule has 0 saturated carbocycles. The third-order valence-electron chi connectivity index (χ3n) is 4.83. The van der Waals surface area contributed by atoms with Gasteiger partial charge in [0.25, 0.3) is 0 Å². The third-order valence-corrected chi connectivity index (χ3v) is 6.10. The topological polar surface area (TPSA) is 42.2 Å². The van der Waals surface area contributed by atoms with Crippen molar-refractivity contribution >= 4 is 16.5 Å². The minimum Gasteiger partial charge on any atom is -0.345 e. The fourth-order valence-corrected chi connectivity index (χ4v) is 4.85. The Balaban J connectivity index is 1.89. The number of anilines is 1. The molecule has 112 valence electrons. The Kier molecular flexibility index (Phi) is 3.57. The van der Waals surface area contributed by atoms with Gasteiger partial charge in [-0.15, -0.1) is 0 Å². The van der Waals surface area contributed by atoms with Crippen LogP contribution in [0.5, 0.6) is 0 Å². The maximum atomic E-state index is 6.38. The Labute approximate surface area is 126 Å². The maximum Gasteiger partial charge on any atom is 0.186 e. The number of aromatic nitrogens is 1. The van der Waals surface area contributed by atoms with E-state index in [1.807, 2.05) is 11.3 Å². The summed E-state index contributed by atoms with van der Waals surface area (Å²) in [7, 11) is 0. The van der Waals surface area contributed by atoms with E-state index in [4.69, 9.17) is 10.7 Å². The van der Waals surface area contributed by atoms with E-state index in [0.717, 1.165) is 25.3 Å². The molecule has 0 radical (unpaired) electrons. The molecule has 3 rings (SSSR count). The Bertz CT molecular complexity index is 494. The average molecular weight is 293 g/mol. The standard InChI is InChI=1S/C16H27N3S/c1-10-5-6-11(2)19(9-10)15-18-13-8-16(3,4)7-12(17)14(13)20-15/h10-12H,5-9,17H2,1-4H3. The molecule has 1 aliphatic heterocycles. The predicted molar refractivity (Wildman–Crippen MR) is 86.4 cm³/mol. The van der Waals surface area contributed by atoms with E-state index in [1.165, 1.54) is 28.5 Å². The molecule has 0 amide bonds. The Morgan fingerprint density at radius 1 is 1.30 bits per heavy atom. The molecule has 1 saturated heterocycles. The smallest absolute Gasteiger partial charge is 0.186 e. The number of hydrogen-bond donors (Lipinski definition) is 1. The van der Waals surface area contributed by atoms with Gasteiger partial charge in [0.15, 0.2) is 5.13 Å². The van der Waals surface area contributed by atoms with Crippen LogP contribution >= 0.6 is 11.3 Å². The van der Waals surface area contributed by atoms with Crippen LogP contribution < -0.4 is 10.6 Å². The van der Waals surface area contributed by atoms with Crippen LogP contribution in [-0.2, 0) is 6.42 Å². The molecule has 2 heterocycles. The Morgan fingerprint density at radius 3 is 2.80 bits per heavy atom. The zero-order chi connectivity index (χ0) is 14.5. The molecule has 3 unspecified atom stereocenters. The normalized spacial score (nSPS) is 33.0. The molecule has 0 spiro atoms. The van der Waals surface area contributed by atoms with Crippen molar-refractivity contribution in [2.45, 2.75) is 65.5 Å². The molecule has 1 aromatic rings. The highest BCUT2D eigenvalue weighted by Crippen LogP contribution is 2.44. The van der Waals surface area contributed by atoms with E-state index < -0.39 is 0 Å². The zero-order valence-corrected chi connectivity index (χ0v) is 14.0. The van der Waals surface area contributed by atoms with Crippen molar-refractivity contribution in [3.8, 4) is 0 Å². The highest BCUT2D eigenvalue weighted by molar-refractivity contribution is 7.15. The second kappa shape index (κ2) is 4.99. The van der Waals surface area contributed by atoms with E-state index in [9.17, 15) is 0 Å². The van der Waals surface area contributed by atoms with Gasteiger partial charge in [-0.05, 0) is 43.9 Å². The minimum atomic E-state index is 0.178. The summed E-state index contributed by atoms with van der Waals surface area (Å²) in [5.74, 6) is 0.775. The van der Waals surface area contributed by atoms with Crippen LogP contribution in [0.1, 0.15) is 63.6 Å². The monoisotopic (exact) mass is 293 g/mol. The summed E-state index contributed by atoms with van der Waals surface area (Å²) < 4.78 is 0. The summed E-state index contributed by atoms with van der Waals surface area (Å²) in [6.45, 7) is 10.4. The molecule has 3 atom stereocenters. The Hall–Kier alpha value is -0.610. The van der Waals surface area contributed by atoms with Gasteiger partial charge in [-0.2, -0.15) is 0 Å². The highest BCUT2D eigenvalue weighted by Gasteiger charge is 2.35. The lowest BCUT2D eigenvalue weighted by Gasteiger charge is -2.36. The van der Waals surface area contributed by atoms with E-state index in [-0.39, 0.29) is 6.04 Å². The van der Waals surface area contributed by atoms with E-state index in [2.05, 4.69) is 32.6 Å². The average Bonchev–Trinajstić information content (AvgIpc) is 2.74. The van der Waals surface area contributed by atoms with Gasteiger partial charge in [-0.25, -0.2) is 4.98 Å². The first-order valence-corrected chi connectivity index (χ1v) is 8.69. The molecule has 1 aromatic heterocycles. The molecule has 1 fully saturated rings. The first-order valence-electron chi connectivity index (χ1n) is 7.87. The number of rotatable bonds is 1. The van der Waals surface area contributed by atoms with Gasteiger partial charge < -0.3 is 10.6 Å². The van der Waals surface area contributed by atoms with Crippen LogP contribution in [0.4, 0.5) is 5.13 Å². The second-order valence-corrected chi connectivity index (χ2v) is 8.65. The van der Waals surface area contributed by atoms with Crippen molar-refractivity contribution in [3.63, 3.8) is 0 Å². The van der Waals surface area contributed by atoms with Crippen molar-refractivity contribution in [1.82, 2.24) is 4.98 Å². The van der Waals surface area contributed by atoms with Gasteiger partial charge in [-0.3, -0.25) is 0 Å². The summed E-state index contributed by atoms with van der Waals surface area (Å²) in [5, 5.41) is 1.21. The second-order valence-electron chi connectivity index (χ2n) is 7.64. The molecule has 2 N–H and O–H groups in total. The maximum absolute atomic E-state index is 6.38. The van der Waals surface area contributed by atoms with E-state index >= 15 is 0 Å². The van der Waals surface area contributed by atoms with Crippen LogP contribution in [0.3, 0.4) is 0 Å². The van der Waals surface area contributed by atoms with E-state index in [1.54, 1.807) is 0 Å². The molecule has 1 aliphatic carbocycles. The van der Waals surface area contributed by atoms with Gasteiger partial charge in [0.2, 0.25) is 0 Å². The van der Waals surface area contributed by atoms with Crippen molar-refractivity contribution in [3.05, 3.63) is 10.6 Å². The lowest BCUT2D eigenvalue weighted by Crippen LogP contribution is -2.41. The molecular formula is C16H27N3S. The van der Waals surface area contributed by atoms with Crippen LogP contribution in [0.25, 0.3) is 0 Å². The number of nitrogens with two attached hydrogens (primary N) is 1. The van der Waals surface area contributed by atoms with Crippen molar-refractivity contribution < 1.29 is 0 Å². The van der Waals surface area contributed by atoms with Crippen LogP contribution in [0.15, 0.2) is 0 Å². The van der Waals surface area contributed by atoms with Crippen molar-refractivity contribution in [1.29, 1.82) is 0 Å². The summed E-state index contributed by atoms with van der Waals surface area (Å²) >= 11 is 1.85. The fraction of sp³-hybridized carbons (Fsp3) is 0.812. The largest absolute Gasteiger partial charge is 0.345 e. The van der Waals surface area contributed by atoms with Crippen LogP contribution in [0.2, 0.25) is 0 Å². The van der Waals surface area contributed by atoms with Gasteiger partial charge in [0, 0.05) is 23.5 Å². The molecule has 2 aliphatic rings. The first-order chi connectivity index (χ1) is 9.35. The minimum absolute atomic E-state index is 0.178. The predicted octanol–water partition coefficient (Wildman–Crippen LogP) is 3.74. The van der Waals surface area contributed by atoms with Gasteiger partial charge in [0.1, 0.15) is 0 Å². The van der Waals surface area contributed by atoms with Gasteiger partial charge >= 0.3 is 0 Å². The van der Waals surface area contributed by atoms with Crippen molar-refractivity contribution in [2.24, 2.45) is 17.1 Å². The quantitative estimate of drug-likeness (QED) is 0.857. The number of fused-ring (bicyclic) bond motifs is 1. The molecule has 0 aromatic carbocycles. The molecule has 4 heteroatoms. The highest BCUT2D eigenvalue weighted by atomic mass is 32.1. The molecular weight excluding hydrogens is 266 g/mol. The molecule has 3 nitrogen and oxygen atoms in total. The molecule has 20 heavy (non-hydrogen) atoms. The fourth-order valence-electron chi connectivity index (χ4n) is 3.66. The van der Waals surface area contributed by atoms with Crippen molar-refractivity contribution in [2.75, 3.05) is 11.4 Å². The number of thiazole rings is 1. The summed E-state index contributed by atoms with van der Waals surface area (Å²) in [5.41, 5.74) is 7.93. The van der Waals surface area contributed by atoms with Gasteiger partial charge in [0.05, 0.1) is 5.69 Å². The lowest BCUT2D eigenvalue weighted by atomic mass is 9.77. The summed E-state index contributed by atoms with van der Waals surface area (Å²) in [6.07, 6.45) is 4.77.